The van der Waals surface area contributed by atoms with Crippen molar-refractivity contribution in [2.45, 2.75) is 38.6 Å². The number of carbonyl (C=O) groups excluding carboxylic acids is 1. The quantitative estimate of drug-likeness (QED) is 0.542. The van der Waals surface area contributed by atoms with E-state index in [1.165, 1.54) is 10.9 Å². The summed E-state index contributed by atoms with van der Waals surface area (Å²) in [5.74, 6) is 0.0908. The van der Waals surface area contributed by atoms with Crippen LogP contribution in [0.1, 0.15) is 32.1 Å². The Balaban J connectivity index is 1.95. The molecule has 1 heterocycles. The summed E-state index contributed by atoms with van der Waals surface area (Å²) in [4.78, 5) is 28.4. The highest BCUT2D eigenvalue weighted by atomic mass is 79.9. The molecule has 1 aromatic heterocycles. The number of fused-ring (bicyclic) bond motifs is 1. The van der Waals surface area contributed by atoms with E-state index in [1.807, 2.05) is 6.07 Å². The average Bonchev–Trinajstić information content (AvgIpc) is 2.50. The van der Waals surface area contributed by atoms with E-state index in [2.05, 4.69) is 20.9 Å². The van der Waals surface area contributed by atoms with Crippen molar-refractivity contribution in [1.29, 1.82) is 0 Å². The summed E-state index contributed by atoms with van der Waals surface area (Å²) in [6, 6.07) is 7.19. The molecule has 112 valence electrons. The molecule has 5 heteroatoms. The smallest absolute Gasteiger partial charge is 0.261 e. The molecule has 0 fully saturated rings. The molecule has 2 rings (SSSR count). The number of unbranched alkanes of at least 4 members (excludes halogenated alkanes) is 3. The molecule has 0 radical (unpaired) electrons. The van der Waals surface area contributed by atoms with E-state index < -0.39 is 0 Å². The van der Waals surface area contributed by atoms with Crippen LogP contribution in [-0.4, -0.2) is 20.7 Å². The molecule has 1 aromatic carbocycles. The molecule has 0 saturated heterocycles. The summed E-state index contributed by atoms with van der Waals surface area (Å²) in [7, 11) is 0. The molecule has 0 aliphatic rings. The summed E-state index contributed by atoms with van der Waals surface area (Å²) < 4.78 is 1.41. The summed E-state index contributed by atoms with van der Waals surface area (Å²) >= 11 is 3.39. The van der Waals surface area contributed by atoms with Gasteiger partial charge in [0, 0.05) is 11.8 Å². The largest absolute Gasteiger partial charge is 0.298 e. The van der Waals surface area contributed by atoms with Crippen molar-refractivity contribution in [3.05, 3.63) is 40.9 Å². The lowest BCUT2D eigenvalue weighted by Crippen LogP contribution is -2.24. The minimum atomic E-state index is -0.145. The van der Waals surface area contributed by atoms with Gasteiger partial charge < -0.3 is 0 Å². The van der Waals surface area contributed by atoms with Crippen LogP contribution in [0.4, 0.5) is 0 Å². The van der Waals surface area contributed by atoms with E-state index in [0.29, 0.717) is 17.3 Å². The zero-order valence-corrected chi connectivity index (χ0v) is 13.5. The van der Waals surface area contributed by atoms with E-state index in [-0.39, 0.29) is 17.9 Å². The van der Waals surface area contributed by atoms with Gasteiger partial charge in [0.25, 0.3) is 5.56 Å². The number of Topliss-reactive ketones (excluding diaryl/α,β-unsaturated/α-hetero) is 1. The van der Waals surface area contributed by atoms with Crippen molar-refractivity contribution in [2.24, 2.45) is 0 Å². The molecule has 0 spiro atoms. The van der Waals surface area contributed by atoms with Gasteiger partial charge in [0.2, 0.25) is 0 Å². The minimum absolute atomic E-state index is 0.0908. The predicted octanol–water partition coefficient (Wildman–Crippen LogP) is 3.31. The summed E-state index contributed by atoms with van der Waals surface area (Å²) in [6.45, 7) is 0.120. The van der Waals surface area contributed by atoms with Crippen molar-refractivity contribution < 1.29 is 4.79 Å². The second kappa shape index (κ2) is 8.08. The highest BCUT2D eigenvalue weighted by molar-refractivity contribution is 9.09. The molecule has 0 N–H and O–H groups in total. The van der Waals surface area contributed by atoms with Crippen molar-refractivity contribution in [3.63, 3.8) is 0 Å². The number of alkyl halides is 1. The molecule has 0 unspecified atom stereocenters. The van der Waals surface area contributed by atoms with Gasteiger partial charge in [0.15, 0.2) is 5.78 Å². The first-order valence-corrected chi connectivity index (χ1v) is 8.36. The van der Waals surface area contributed by atoms with Gasteiger partial charge in [-0.1, -0.05) is 40.9 Å². The van der Waals surface area contributed by atoms with Crippen LogP contribution in [0.3, 0.4) is 0 Å². The topological polar surface area (TPSA) is 52.0 Å². The number of halogens is 1. The average molecular weight is 351 g/mol. The normalized spacial score (nSPS) is 10.9. The second-order valence-corrected chi connectivity index (χ2v) is 5.88. The van der Waals surface area contributed by atoms with Gasteiger partial charge in [-0.15, -0.1) is 0 Å². The van der Waals surface area contributed by atoms with Crippen LogP contribution in [0.25, 0.3) is 10.9 Å². The molecular weight excluding hydrogens is 332 g/mol. The first-order valence-electron chi connectivity index (χ1n) is 7.24. The Morgan fingerprint density at radius 2 is 1.90 bits per heavy atom. The van der Waals surface area contributed by atoms with Crippen molar-refractivity contribution in [1.82, 2.24) is 9.55 Å². The Bertz CT molecular complexity index is 667. The molecule has 0 aliphatic carbocycles. The first kappa shape index (κ1) is 15.9. The Morgan fingerprint density at radius 3 is 2.71 bits per heavy atom. The predicted molar refractivity (Wildman–Crippen MR) is 87.9 cm³/mol. The number of para-hydroxylation sites is 1. The fourth-order valence-electron chi connectivity index (χ4n) is 2.26. The third kappa shape index (κ3) is 4.49. The number of hydrogen-bond acceptors (Lipinski definition) is 3. The summed E-state index contributed by atoms with van der Waals surface area (Å²) in [5.41, 5.74) is 0.522. The highest BCUT2D eigenvalue weighted by Gasteiger charge is 2.07. The molecule has 0 bridgehead atoms. The Kier molecular flexibility index (Phi) is 6.11. The molecule has 2 aromatic rings. The molecule has 0 saturated carbocycles. The van der Waals surface area contributed by atoms with Crippen molar-refractivity contribution >= 4 is 32.6 Å². The Labute approximate surface area is 132 Å². The molecule has 0 amide bonds. The fraction of sp³-hybridized carbons (Fsp3) is 0.438. The van der Waals surface area contributed by atoms with Gasteiger partial charge in [0.1, 0.15) is 0 Å². The maximum absolute atomic E-state index is 12.2. The van der Waals surface area contributed by atoms with Crippen LogP contribution in [-0.2, 0) is 11.3 Å². The van der Waals surface area contributed by atoms with Gasteiger partial charge in [-0.2, -0.15) is 0 Å². The number of aromatic nitrogens is 2. The lowest BCUT2D eigenvalue weighted by Gasteiger charge is -2.06. The van der Waals surface area contributed by atoms with Crippen LogP contribution in [0.5, 0.6) is 0 Å². The number of carbonyl (C=O) groups is 1. The summed E-state index contributed by atoms with van der Waals surface area (Å²) in [6.07, 6.45) is 6.22. The van der Waals surface area contributed by atoms with Gasteiger partial charge >= 0.3 is 0 Å². The molecule has 0 atom stereocenters. The highest BCUT2D eigenvalue weighted by Crippen LogP contribution is 2.07. The van der Waals surface area contributed by atoms with E-state index in [4.69, 9.17) is 0 Å². The number of benzene rings is 1. The van der Waals surface area contributed by atoms with Gasteiger partial charge in [0.05, 0.1) is 23.8 Å². The zero-order chi connectivity index (χ0) is 15.1. The van der Waals surface area contributed by atoms with E-state index >= 15 is 0 Å². The van der Waals surface area contributed by atoms with Crippen LogP contribution in [0.15, 0.2) is 35.4 Å². The maximum atomic E-state index is 12.2. The van der Waals surface area contributed by atoms with Crippen LogP contribution in [0, 0.1) is 0 Å². The molecule has 21 heavy (non-hydrogen) atoms. The minimum Gasteiger partial charge on any atom is -0.298 e. The van der Waals surface area contributed by atoms with Crippen LogP contribution < -0.4 is 5.56 Å². The standard InChI is InChI=1S/C16H19BrN2O2/c17-10-6-2-1-3-7-13(20)11-19-12-18-15-9-5-4-8-14(15)16(19)21/h4-5,8-9,12H,1-3,6-7,10-11H2. The Hall–Kier alpha value is -1.49. The van der Waals surface area contributed by atoms with E-state index in [0.717, 1.165) is 31.0 Å². The van der Waals surface area contributed by atoms with E-state index in [1.54, 1.807) is 18.2 Å². The number of rotatable bonds is 8. The van der Waals surface area contributed by atoms with Crippen molar-refractivity contribution in [3.8, 4) is 0 Å². The van der Waals surface area contributed by atoms with Gasteiger partial charge in [-0.05, 0) is 25.0 Å². The number of hydrogen-bond donors (Lipinski definition) is 0. The fourth-order valence-corrected chi connectivity index (χ4v) is 2.65. The maximum Gasteiger partial charge on any atom is 0.261 e. The van der Waals surface area contributed by atoms with Crippen molar-refractivity contribution in [2.75, 3.05) is 5.33 Å². The molecule has 4 nitrogen and oxygen atoms in total. The van der Waals surface area contributed by atoms with Gasteiger partial charge in [-0.25, -0.2) is 4.98 Å². The monoisotopic (exact) mass is 350 g/mol. The molecular formula is C16H19BrN2O2. The lowest BCUT2D eigenvalue weighted by atomic mass is 10.1. The number of ketones is 1. The summed E-state index contributed by atoms with van der Waals surface area (Å²) in [5, 5.41) is 1.57. The zero-order valence-electron chi connectivity index (χ0n) is 11.9. The lowest BCUT2D eigenvalue weighted by molar-refractivity contribution is -0.119. The SMILES string of the molecule is O=C(CCCCCCBr)Cn1cnc2ccccc2c1=O. The first-order chi connectivity index (χ1) is 10.2. The third-order valence-electron chi connectivity index (χ3n) is 3.42. The van der Waals surface area contributed by atoms with Gasteiger partial charge in [-0.3, -0.25) is 14.2 Å². The third-order valence-corrected chi connectivity index (χ3v) is 3.98. The van der Waals surface area contributed by atoms with Crippen LogP contribution >= 0.6 is 15.9 Å². The Morgan fingerprint density at radius 1 is 1.14 bits per heavy atom. The van der Waals surface area contributed by atoms with Crippen LogP contribution in [0.2, 0.25) is 0 Å². The molecule has 0 aliphatic heterocycles. The second-order valence-electron chi connectivity index (χ2n) is 5.09. The van der Waals surface area contributed by atoms with E-state index in [9.17, 15) is 9.59 Å². The number of nitrogens with zero attached hydrogens (tertiary/aromatic N) is 2.